The SMILES string of the molecule is CC1=NN(c2ccc(Cl)c(Cl)c2)C(=O)/C1=C(/C)NNC(=O)c1ccc(C(C)(C)C)cc1. The van der Waals surface area contributed by atoms with Crippen LogP contribution in [-0.4, -0.2) is 17.5 Å². The van der Waals surface area contributed by atoms with E-state index in [1.165, 1.54) is 5.01 Å². The van der Waals surface area contributed by atoms with Crippen molar-refractivity contribution >= 4 is 46.4 Å². The van der Waals surface area contributed by atoms with Crippen LogP contribution in [0.2, 0.25) is 10.0 Å². The van der Waals surface area contributed by atoms with Crippen LogP contribution in [0.15, 0.2) is 58.8 Å². The van der Waals surface area contributed by atoms with Crippen LogP contribution in [0.3, 0.4) is 0 Å². The zero-order chi connectivity index (χ0) is 22.9. The summed E-state index contributed by atoms with van der Waals surface area (Å²) in [6, 6.07) is 12.3. The topological polar surface area (TPSA) is 73.8 Å². The van der Waals surface area contributed by atoms with Crippen molar-refractivity contribution in [1.82, 2.24) is 10.9 Å². The van der Waals surface area contributed by atoms with Crippen molar-refractivity contribution in [3.8, 4) is 0 Å². The van der Waals surface area contributed by atoms with Crippen LogP contribution in [0.25, 0.3) is 0 Å². The molecule has 2 aromatic rings. The van der Waals surface area contributed by atoms with Crippen molar-refractivity contribution in [1.29, 1.82) is 0 Å². The maximum Gasteiger partial charge on any atom is 0.282 e. The van der Waals surface area contributed by atoms with Gasteiger partial charge in [0.25, 0.3) is 11.8 Å². The maximum atomic E-state index is 12.9. The van der Waals surface area contributed by atoms with E-state index in [1.54, 1.807) is 44.2 Å². The summed E-state index contributed by atoms with van der Waals surface area (Å²) in [5.41, 5.74) is 8.99. The molecule has 0 fully saturated rings. The maximum absolute atomic E-state index is 12.9. The Balaban J connectivity index is 1.73. The van der Waals surface area contributed by atoms with Crippen molar-refractivity contribution in [2.75, 3.05) is 5.01 Å². The van der Waals surface area contributed by atoms with E-state index in [-0.39, 0.29) is 17.2 Å². The second-order valence-electron chi connectivity index (χ2n) is 8.31. The summed E-state index contributed by atoms with van der Waals surface area (Å²) in [6.07, 6.45) is 0. The standard InChI is InChI=1S/C23H24Cl2N4O2/c1-13(26-27-21(30)15-6-8-16(9-7-15)23(3,4)5)20-14(2)28-29(22(20)31)17-10-11-18(24)19(25)12-17/h6-12,26H,1-5H3,(H,27,30)/b20-13-. The molecule has 0 spiro atoms. The summed E-state index contributed by atoms with van der Waals surface area (Å²) < 4.78 is 0. The van der Waals surface area contributed by atoms with Gasteiger partial charge in [-0.1, -0.05) is 56.1 Å². The van der Waals surface area contributed by atoms with Gasteiger partial charge in [-0.05, 0) is 55.2 Å². The summed E-state index contributed by atoms with van der Waals surface area (Å²) in [7, 11) is 0. The monoisotopic (exact) mass is 458 g/mol. The van der Waals surface area contributed by atoms with Gasteiger partial charge in [-0.2, -0.15) is 10.1 Å². The number of nitrogens with one attached hydrogen (secondary N) is 2. The first-order chi connectivity index (χ1) is 14.5. The van der Waals surface area contributed by atoms with E-state index in [4.69, 9.17) is 23.2 Å². The molecule has 162 valence electrons. The molecule has 1 heterocycles. The van der Waals surface area contributed by atoms with Crippen molar-refractivity contribution in [2.45, 2.75) is 40.0 Å². The first kappa shape index (κ1) is 22.8. The highest BCUT2D eigenvalue weighted by Crippen LogP contribution is 2.30. The molecule has 0 saturated carbocycles. The fourth-order valence-electron chi connectivity index (χ4n) is 3.14. The van der Waals surface area contributed by atoms with Crippen LogP contribution in [0.4, 0.5) is 5.69 Å². The number of hydrazone groups is 1. The smallest absolute Gasteiger partial charge is 0.282 e. The Morgan fingerprint density at radius 2 is 1.65 bits per heavy atom. The lowest BCUT2D eigenvalue weighted by Gasteiger charge is -2.19. The number of allylic oxidation sites excluding steroid dienone is 1. The van der Waals surface area contributed by atoms with Crippen LogP contribution in [-0.2, 0) is 10.2 Å². The molecule has 0 radical (unpaired) electrons. The van der Waals surface area contributed by atoms with Gasteiger partial charge in [-0.25, -0.2) is 0 Å². The molecule has 2 amide bonds. The molecule has 0 saturated heterocycles. The number of rotatable bonds is 4. The average molecular weight is 459 g/mol. The minimum atomic E-state index is -0.329. The normalized spacial score (nSPS) is 15.6. The molecule has 2 N–H and O–H groups in total. The number of hydrogen-bond donors (Lipinski definition) is 2. The fourth-order valence-corrected chi connectivity index (χ4v) is 3.43. The molecule has 8 heteroatoms. The zero-order valence-electron chi connectivity index (χ0n) is 18.0. The van der Waals surface area contributed by atoms with Gasteiger partial charge in [0.1, 0.15) is 0 Å². The highest BCUT2D eigenvalue weighted by Gasteiger charge is 2.31. The summed E-state index contributed by atoms with van der Waals surface area (Å²) in [5.74, 6) is -0.633. The molecular weight excluding hydrogens is 435 g/mol. The predicted octanol–water partition coefficient (Wildman–Crippen LogP) is 5.22. The van der Waals surface area contributed by atoms with Crippen molar-refractivity contribution < 1.29 is 9.59 Å². The van der Waals surface area contributed by atoms with Crippen LogP contribution < -0.4 is 15.9 Å². The molecule has 1 aliphatic rings. The first-order valence-electron chi connectivity index (χ1n) is 9.72. The van der Waals surface area contributed by atoms with Gasteiger partial charge < -0.3 is 5.43 Å². The predicted molar refractivity (Wildman–Crippen MR) is 126 cm³/mol. The Morgan fingerprint density at radius 3 is 2.23 bits per heavy atom. The number of carbonyl (C=O) groups excluding carboxylic acids is 2. The molecule has 3 rings (SSSR count). The van der Waals surface area contributed by atoms with Gasteiger partial charge in [0.2, 0.25) is 0 Å². The van der Waals surface area contributed by atoms with Gasteiger partial charge in [-0.15, -0.1) is 0 Å². The summed E-state index contributed by atoms with van der Waals surface area (Å²) in [6.45, 7) is 9.77. The number of anilines is 1. The van der Waals surface area contributed by atoms with E-state index in [2.05, 4.69) is 36.7 Å². The molecule has 6 nitrogen and oxygen atoms in total. The van der Waals surface area contributed by atoms with Crippen LogP contribution in [0.1, 0.15) is 50.5 Å². The lowest BCUT2D eigenvalue weighted by Crippen LogP contribution is -2.37. The third-order valence-corrected chi connectivity index (χ3v) is 5.66. The van der Waals surface area contributed by atoms with Crippen molar-refractivity contribution in [3.05, 3.63) is 74.9 Å². The molecule has 0 aromatic heterocycles. The Bertz CT molecular complexity index is 1100. The minimum Gasteiger partial charge on any atom is -0.302 e. The molecule has 0 unspecified atom stereocenters. The number of amides is 2. The zero-order valence-corrected chi connectivity index (χ0v) is 19.5. The van der Waals surface area contributed by atoms with E-state index in [0.717, 1.165) is 5.56 Å². The number of nitrogens with zero attached hydrogens (tertiary/aromatic N) is 2. The third kappa shape index (κ3) is 4.92. The molecule has 0 bridgehead atoms. The van der Waals surface area contributed by atoms with E-state index in [9.17, 15) is 9.59 Å². The van der Waals surface area contributed by atoms with E-state index in [0.29, 0.717) is 38.3 Å². The number of carbonyl (C=O) groups is 2. The quantitative estimate of drug-likeness (QED) is 0.486. The van der Waals surface area contributed by atoms with E-state index >= 15 is 0 Å². The lowest BCUT2D eigenvalue weighted by molar-refractivity contribution is -0.114. The Morgan fingerprint density at radius 1 is 1.00 bits per heavy atom. The Kier molecular flexibility index (Phi) is 6.43. The molecule has 31 heavy (non-hydrogen) atoms. The van der Waals surface area contributed by atoms with Crippen LogP contribution >= 0.6 is 23.2 Å². The van der Waals surface area contributed by atoms with Gasteiger partial charge in [0, 0.05) is 11.3 Å². The molecular formula is C23H24Cl2N4O2. The van der Waals surface area contributed by atoms with Gasteiger partial charge >= 0.3 is 0 Å². The first-order valence-corrected chi connectivity index (χ1v) is 10.5. The number of benzene rings is 2. The van der Waals surface area contributed by atoms with Crippen molar-refractivity contribution in [2.24, 2.45) is 5.10 Å². The Hall–Kier alpha value is -2.83. The van der Waals surface area contributed by atoms with E-state index in [1.807, 2.05) is 12.1 Å². The van der Waals surface area contributed by atoms with Crippen LogP contribution in [0, 0.1) is 0 Å². The summed E-state index contributed by atoms with van der Waals surface area (Å²) >= 11 is 12.0. The van der Waals surface area contributed by atoms with Crippen LogP contribution in [0.5, 0.6) is 0 Å². The fraction of sp³-hybridized carbons (Fsp3) is 0.261. The summed E-state index contributed by atoms with van der Waals surface area (Å²) in [4.78, 5) is 25.4. The Labute approximate surface area is 191 Å². The van der Waals surface area contributed by atoms with E-state index < -0.39 is 0 Å². The largest absolute Gasteiger partial charge is 0.302 e. The third-order valence-electron chi connectivity index (χ3n) is 4.92. The number of halogens is 2. The van der Waals surface area contributed by atoms with Gasteiger partial charge in [0.05, 0.1) is 27.0 Å². The highest BCUT2D eigenvalue weighted by atomic mass is 35.5. The van der Waals surface area contributed by atoms with Gasteiger partial charge in [-0.3, -0.25) is 15.0 Å². The van der Waals surface area contributed by atoms with Gasteiger partial charge in [0.15, 0.2) is 0 Å². The molecule has 1 aliphatic heterocycles. The summed E-state index contributed by atoms with van der Waals surface area (Å²) in [5, 5.41) is 6.30. The van der Waals surface area contributed by atoms with Crippen molar-refractivity contribution in [3.63, 3.8) is 0 Å². The number of hydrogen-bond acceptors (Lipinski definition) is 4. The molecule has 2 aromatic carbocycles. The highest BCUT2D eigenvalue weighted by molar-refractivity contribution is 6.42. The molecule has 0 aliphatic carbocycles. The second-order valence-corrected chi connectivity index (χ2v) is 9.12. The number of hydrazine groups is 1. The average Bonchev–Trinajstić information content (AvgIpc) is 3.01. The second kappa shape index (κ2) is 8.73. The molecule has 0 atom stereocenters. The lowest BCUT2D eigenvalue weighted by atomic mass is 9.87. The minimum absolute atomic E-state index is 0.00808.